The molecule has 1 aromatic heterocycles. The van der Waals surface area contributed by atoms with Gasteiger partial charge in [0.2, 0.25) is 5.91 Å². The van der Waals surface area contributed by atoms with Crippen molar-refractivity contribution in [3.05, 3.63) is 58.9 Å². The van der Waals surface area contributed by atoms with Gasteiger partial charge in [0.05, 0.1) is 22.8 Å². The monoisotopic (exact) mass is 443 g/mol. The molecule has 1 saturated heterocycles. The van der Waals surface area contributed by atoms with Crippen LogP contribution in [0.2, 0.25) is 5.02 Å². The van der Waals surface area contributed by atoms with E-state index < -0.39 is 0 Å². The number of rotatable bonds is 6. The summed E-state index contributed by atoms with van der Waals surface area (Å²) < 4.78 is 0.890. The molecule has 4 rings (SSSR count). The fourth-order valence-electron chi connectivity index (χ4n) is 3.40. The molecule has 0 unspecified atom stereocenters. The Labute approximate surface area is 184 Å². The van der Waals surface area contributed by atoms with Crippen molar-refractivity contribution >= 4 is 52.0 Å². The maximum absolute atomic E-state index is 12.6. The summed E-state index contributed by atoms with van der Waals surface area (Å²) in [6, 6.07) is 15.8. The molecule has 29 heavy (non-hydrogen) atoms. The van der Waals surface area contributed by atoms with Gasteiger partial charge in [0.1, 0.15) is 0 Å². The summed E-state index contributed by atoms with van der Waals surface area (Å²) in [6.45, 7) is 2.03. The number of anilines is 2. The number of carbonyl (C=O) groups is 1. The van der Waals surface area contributed by atoms with Gasteiger partial charge in [0.15, 0.2) is 4.34 Å². The van der Waals surface area contributed by atoms with Gasteiger partial charge in [-0.1, -0.05) is 53.7 Å². The maximum Gasteiger partial charge on any atom is 0.234 e. The van der Waals surface area contributed by atoms with E-state index in [1.54, 1.807) is 11.3 Å². The number of benzene rings is 2. The van der Waals surface area contributed by atoms with Crippen molar-refractivity contribution in [3.8, 4) is 11.3 Å². The Morgan fingerprint density at radius 1 is 1.14 bits per heavy atom. The molecule has 1 aliphatic rings. The van der Waals surface area contributed by atoms with E-state index >= 15 is 0 Å². The molecule has 0 saturated carbocycles. The number of thioether (sulfide) groups is 1. The highest BCUT2D eigenvalue weighted by molar-refractivity contribution is 8.01. The first kappa shape index (κ1) is 20.3. The Morgan fingerprint density at radius 2 is 1.93 bits per heavy atom. The predicted octanol–water partition coefficient (Wildman–Crippen LogP) is 6.18. The Hall–Kier alpha value is -2.02. The van der Waals surface area contributed by atoms with E-state index in [2.05, 4.69) is 15.2 Å². The number of aromatic nitrogens is 1. The van der Waals surface area contributed by atoms with Gasteiger partial charge in [-0.25, -0.2) is 4.98 Å². The predicted molar refractivity (Wildman–Crippen MR) is 124 cm³/mol. The number of hydrogen-bond acceptors (Lipinski definition) is 5. The van der Waals surface area contributed by atoms with Crippen LogP contribution in [0.4, 0.5) is 11.4 Å². The average molecular weight is 444 g/mol. The minimum Gasteiger partial charge on any atom is -0.370 e. The van der Waals surface area contributed by atoms with Crippen LogP contribution in [0.3, 0.4) is 0 Å². The minimum absolute atomic E-state index is 0.0491. The molecule has 0 radical (unpaired) electrons. The maximum atomic E-state index is 12.6. The molecule has 7 heteroatoms. The van der Waals surface area contributed by atoms with Crippen LogP contribution in [0.5, 0.6) is 0 Å². The highest BCUT2D eigenvalue weighted by Crippen LogP contribution is 2.32. The van der Waals surface area contributed by atoms with Gasteiger partial charge in [-0.15, -0.1) is 11.3 Å². The third-order valence-corrected chi connectivity index (χ3v) is 7.06. The van der Waals surface area contributed by atoms with Crippen LogP contribution in [0, 0.1) is 0 Å². The zero-order valence-corrected chi connectivity index (χ0v) is 18.3. The van der Waals surface area contributed by atoms with Crippen molar-refractivity contribution in [1.82, 2.24) is 4.98 Å². The van der Waals surface area contributed by atoms with E-state index in [0.29, 0.717) is 10.8 Å². The first-order valence-electron chi connectivity index (χ1n) is 9.67. The number of halogens is 1. The molecule has 1 N–H and O–H groups in total. The molecule has 150 valence electrons. The van der Waals surface area contributed by atoms with Crippen LogP contribution < -0.4 is 10.2 Å². The molecule has 2 aromatic carbocycles. The number of thiazole rings is 1. The van der Waals surface area contributed by atoms with Crippen LogP contribution in [-0.2, 0) is 4.79 Å². The second kappa shape index (κ2) is 9.65. The Balaban J connectivity index is 1.39. The second-order valence-corrected chi connectivity index (χ2v) is 9.43. The zero-order chi connectivity index (χ0) is 20.1. The fourth-order valence-corrected chi connectivity index (χ4v) is 5.20. The smallest absolute Gasteiger partial charge is 0.234 e. The topological polar surface area (TPSA) is 45.2 Å². The summed E-state index contributed by atoms with van der Waals surface area (Å²) >= 11 is 9.21. The lowest BCUT2D eigenvalue weighted by Crippen LogP contribution is -2.30. The van der Waals surface area contributed by atoms with Crippen LogP contribution in [0.25, 0.3) is 11.3 Å². The first-order valence-corrected chi connectivity index (χ1v) is 11.9. The Kier molecular flexibility index (Phi) is 6.74. The summed E-state index contributed by atoms with van der Waals surface area (Å²) in [7, 11) is 0. The SMILES string of the molecule is O=C(CSc1nc(-c2ccccc2)cs1)Nc1cc(Cl)ccc1N1CCCCC1. The molecule has 4 nitrogen and oxygen atoms in total. The van der Waals surface area contributed by atoms with Crippen molar-refractivity contribution in [2.45, 2.75) is 23.6 Å². The minimum atomic E-state index is -0.0491. The number of carbonyl (C=O) groups excluding carboxylic acids is 1. The average Bonchev–Trinajstić information content (AvgIpc) is 3.23. The lowest BCUT2D eigenvalue weighted by molar-refractivity contribution is -0.113. The van der Waals surface area contributed by atoms with Gasteiger partial charge in [-0.05, 0) is 37.5 Å². The van der Waals surface area contributed by atoms with Crippen molar-refractivity contribution < 1.29 is 4.79 Å². The summed E-state index contributed by atoms with van der Waals surface area (Å²) in [6.07, 6.45) is 3.63. The van der Waals surface area contributed by atoms with E-state index in [1.807, 2.05) is 53.9 Å². The lowest BCUT2D eigenvalue weighted by Gasteiger charge is -2.30. The van der Waals surface area contributed by atoms with Crippen molar-refractivity contribution in [2.75, 3.05) is 29.1 Å². The number of hydrogen-bond donors (Lipinski definition) is 1. The molecule has 0 atom stereocenters. The summed E-state index contributed by atoms with van der Waals surface area (Å²) in [4.78, 5) is 19.6. The van der Waals surface area contributed by atoms with Gasteiger partial charge < -0.3 is 10.2 Å². The van der Waals surface area contributed by atoms with Crippen molar-refractivity contribution in [2.24, 2.45) is 0 Å². The van der Waals surface area contributed by atoms with E-state index in [9.17, 15) is 4.79 Å². The molecule has 0 aliphatic carbocycles. The third-order valence-electron chi connectivity index (χ3n) is 4.81. The number of amides is 1. The summed E-state index contributed by atoms with van der Waals surface area (Å²) in [5.74, 6) is 0.264. The summed E-state index contributed by atoms with van der Waals surface area (Å²) in [5, 5.41) is 5.70. The molecular formula is C22H22ClN3OS2. The standard InChI is InChI=1S/C22H22ClN3OS2/c23-17-9-10-20(26-11-5-2-6-12-26)18(13-17)24-21(27)15-29-22-25-19(14-28-22)16-7-3-1-4-8-16/h1,3-4,7-10,13-14H,2,5-6,11-12,15H2,(H,24,27). The second-order valence-electron chi connectivity index (χ2n) is 6.91. The highest BCUT2D eigenvalue weighted by Gasteiger charge is 2.17. The van der Waals surface area contributed by atoms with Crippen LogP contribution >= 0.6 is 34.7 Å². The molecule has 1 fully saturated rings. The van der Waals surface area contributed by atoms with Gasteiger partial charge >= 0.3 is 0 Å². The normalized spacial score (nSPS) is 14.0. The molecule has 3 aromatic rings. The number of piperidine rings is 1. The van der Waals surface area contributed by atoms with Crippen LogP contribution in [0.1, 0.15) is 19.3 Å². The molecule has 1 amide bonds. The van der Waals surface area contributed by atoms with Gasteiger partial charge in [0.25, 0.3) is 0 Å². The largest absolute Gasteiger partial charge is 0.370 e. The number of nitrogens with one attached hydrogen (secondary N) is 1. The van der Waals surface area contributed by atoms with E-state index in [0.717, 1.165) is 40.1 Å². The third kappa shape index (κ3) is 5.32. The van der Waals surface area contributed by atoms with E-state index in [4.69, 9.17) is 11.6 Å². The molecule has 1 aliphatic heterocycles. The molecule has 0 spiro atoms. The van der Waals surface area contributed by atoms with E-state index in [1.165, 1.54) is 31.0 Å². The molecular weight excluding hydrogens is 422 g/mol. The van der Waals surface area contributed by atoms with E-state index in [-0.39, 0.29) is 5.91 Å². The zero-order valence-electron chi connectivity index (χ0n) is 15.9. The fraction of sp³-hybridized carbons (Fsp3) is 0.273. The molecule has 2 heterocycles. The van der Waals surface area contributed by atoms with Crippen LogP contribution in [-0.4, -0.2) is 29.7 Å². The summed E-state index contributed by atoms with van der Waals surface area (Å²) in [5.41, 5.74) is 3.87. The van der Waals surface area contributed by atoms with Gasteiger partial charge in [-0.3, -0.25) is 4.79 Å². The number of nitrogens with zero attached hydrogens (tertiary/aromatic N) is 2. The quantitative estimate of drug-likeness (QED) is 0.461. The van der Waals surface area contributed by atoms with Crippen molar-refractivity contribution in [3.63, 3.8) is 0 Å². The van der Waals surface area contributed by atoms with Gasteiger partial charge in [0, 0.05) is 29.1 Å². The Morgan fingerprint density at radius 3 is 2.72 bits per heavy atom. The highest BCUT2D eigenvalue weighted by atomic mass is 35.5. The first-order chi connectivity index (χ1) is 14.2. The molecule has 0 bridgehead atoms. The lowest BCUT2D eigenvalue weighted by atomic mass is 10.1. The van der Waals surface area contributed by atoms with Gasteiger partial charge in [-0.2, -0.15) is 0 Å². The Bertz CT molecular complexity index is 971. The van der Waals surface area contributed by atoms with Crippen LogP contribution in [0.15, 0.2) is 58.3 Å². The van der Waals surface area contributed by atoms with Crippen molar-refractivity contribution in [1.29, 1.82) is 0 Å².